The minimum absolute atomic E-state index is 0.116. The summed E-state index contributed by atoms with van der Waals surface area (Å²) in [6.07, 6.45) is 2.60. The first kappa shape index (κ1) is 11.0. The van der Waals surface area contributed by atoms with Crippen molar-refractivity contribution in [1.82, 2.24) is 5.32 Å². The van der Waals surface area contributed by atoms with E-state index in [1.807, 2.05) is 0 Å². The van der Waals surface area contributed by atoms with Gasteiger partial charge in [-0.3, -0.25) is 0 Å². The minimum Gasteiger partial charge on any atom is -0.389 e. The summed E-state index contributed by atoms with van der Waals surface area (Å²) < 4.78 is 0. The van der Waals surface area contributed by atoms with Crippen LogP contribution in [-0.2, 0) is 0 Å². The van der Waals surface area contributed by atoms with E-state index in [0.29, 0.717) is 6.54 Å². The second kappa shape index (κ2) is 3.95. The zero-order chi connectivity index (χ0) is 9.95. The zero-order valence-corrected chi connectivity index (χ0v) is 8.77. The Morgan fingerprint density at radius 1 is 1.46 bits per heavy atom. The standard InChI is InChI=1S/C10H22N2O/c1-3-9(2,8-11)10(13)4-6-12-7-5-10/h12-13H,3-8,11H2,1-2H3. The first-order chi connectivity index (χ1) is 6.08. The van der Waals surface area contributed by atoms with Gasteiger partial charge in [0.05, 0.1) is 5.60 Å². The first-order valence-corrected chi connectivity index (χ1v) is 5.21. The fraction of sp³-hybridized carbons (Fsp3) is 1.00. The van der Waals surface area contributed by atoms with Crippen molar-refractivity contribution in [3.8, 4) is 0 Å². The summed E-state index contributed by atoms with van der Waals surface area (Å²) in [4.78, 5) is 0. The quantitative estimate of drug-likeness (QED) is 0.601. The Bertz CT molecular complexity index is 160. The van der Waals surface area contributed by atoms with Crippen molar-refractivity contribution in [3.63, 3.8) is 0 Å². The summed E-state index contributed by atoms with van der Waals surface area (Å²) in [5.74, 6) is 0. The maximum atomic E-state index is 10.5. The Hall–Kier alpha value is -0.120. The van der Waals surface area contributed by atoms with Crippen LogP contribution in [-0.4, -0.2) is 30.3 Å². The van der Waals surface area contributed by atoms with Crippen LogP contribution in [0.25, 0.3) is 0 Å². The van der Waals surface area contributed by atoms with Gasteiger partial charge in [-0.2, -0.15) is 0 Å². The van der Waals surface area contributed by atoms with E-state index < -0.39 is 5.60 Å². The smallest absolute Gasteiger partial charge is 0.0737 e. The van der Waals surface area contributed by atoms with E-state index in [-0.39, 0.29) is 5.41 Å². The maximum Gasteiger partial charge on any atom is 0.0737 e. The van der Waals surface area contributed by atoms with Gasteiger partial charge in [0, 0.05) is 12.0 Å². The van der Waals surface area contributed by atoms with Gasteiger partial charge in [-0.1, -0.05) is 13.8 Å². The molecule has 0 aromatic rings. The second-order valence-corrected chi connectivity index (χ2v) is 4.40. The summed E-state index contributed by atoms with van der Waals surface area (Å²) in [7, 11) is 0. The third-order valence-electron chi connectivity index (χ3n) is 3.79. The van der Waals surface area contributed by atoms with Gasteiger partial charge in [-0.15, -0.1) is 0 Å². The molecule has 0 radical (unpaired) electrons. The highest BCUT2D eigenvalue weighted by molar-refractivity contribution is 4.98. The molecule has 0 spiro atoms. The molecule has 3 heteroatoms. The molecule has 0 saturated carbocycles. The van der Waals surface area contributed by atoms with Gasteiger partial charge in [0.1, 0.15) is 0 Å². The molecule has 0 aromatic carbocycles. The highest BCUT2D eigenvalue weighted by Crippen LogP contribution is 2.39. The molecule has 0 aromatic heterocycles. The number of hydrogen-bond donors (Lipinski definition) is 3. The van der Waals surface area contributed by atoms with Crippen molar-refractivity contribution in [1.29, 1.82) is 0 Å². The van der Waals surface area contributed by atoms with Crippen LogP contribution in [0.5, 0.6) is 0 Å². The SMILES string of the molecule is CCC(C)(CN)C1(O)CCNCC1. The Balaban J connectivity index is 2.74. The average Bonchev–Trinajstić information content (AvgIpc) is 2.17. The Kier molecular flexibility index (Phi) is 3.33. The lowest BCUT2D eigenvalue weighted by molar-refractivity contribution is -0.0941. The first-order valence-electron chi connectivity index (χ1n) is 5.21. The third kappa shape index (κ3) is 1.87. The molecule has 0 amide bonds. The van der Waals surface area contributed by atoms with Gasteiger partial charge < -0.3 is 16.2 Å². The van der Waals surface area contributed by atoms with E-state index in [1.54, 1.807) is 0 Å². The van der Waals surface area contributed by atoms with Crippen molar-refractivity contribution in [2.75, 3.05) is 19.6 Å². The largest absolute Gasteiger partial charge is 0.389 e. The third-order valence-corrected chi connectivity index (χ3v) is 3.79. The summed E-state index contributed by atoms with van der Waals surface area (Å²) >= 11 is 0. The summed E-state index contributed by atoms with van der Waals surface area (Å²) in [5.41, 5.74) is 5.08. The van der Waals surface area contributed by atoms with Crippen LogP contribution in [0, 0.1) is 5.41 Å². The predicted octanol–water partition coefficient (Wildman–Crippen LogP) is 0.476. The molecule has 1 saturated heterocycles. The van der Waals surface area contributed by atoms with Crippen molar-refractivity contribution in [2.24, 2.45) is 11.1 Å². The predicted molar refractivity (Wildman–Crippen MR) is 54.5 cm³/mol. The molecule has 1 atom stereocenters. The fourth-order valence-electron chi connectivity index (χ4n) is 2.11. The van der Waals surface area contributed by atoms with E-state index in [0.717, 1.165) is 32.4 Å². The van der Waals surface area contributed by atoms with Crippen molar-refractivity contribution < 1.29 is 5.11 Å². The molecule has 1 aliphatic heterocycles. The number of rotatable bonds is 3. The van der Waals surface area contributed by atoms with E-state index >= 15 is 0 Å². The van der Waals surface area contributed by atoms with Crippen LogP contribution in [0.15, 0.2) is 0 Å². The van der Waals surface area contributed by atoms with Crippen LogP contribution >= 0.6 is 0 Å². The van der Waals surface area contributed by atoms with Crippen LogP contribution in [0.3, 0.4) is 0 Å². The highest BCUT2D eigenvalue weighted by atomic mass is 16.3. The fourth-order valence-corrected chi connectivity index (χ4v) is 2.11. The number of hydrogen-bond acceptors (Lipinski definition) is 3. The number of piperidine rings is 1. The van der Waals surface area contributed by atoms with Gasteiger partial charge in [-0.25, -0.2) is 0 Å². The lowest BCUT2D eigenvalue weighted by Gasteiger charge is -2.46. The van der Waals surface area contributed by atoms with Crippen molar-refractivity contribution >= 4 is 0 Å². The maximum absolute atomic E-state index is 10.5. The molecular formula is C10H22N2O. The topological polar surface area (TPSA) is 58.3 Å². The minimum atomic E-state index is -0.554. The number of nitrogens with two attached hydrogens (primary N) is 1. The van der Waals surface area contributed by atoms with Gasteiger partial charge in [0.2, 0.25) is 0 Å². The van der Waals surface area contributed by atoms with Gasteiger partial charge >= 0.3 is 0 Å². The van der Waals surface area contributed by atoms with Crippen LogP contribution in [0.1, 0.15) is 33.1 Å². The Labute approximate surface area is 80.7 Å². The lowest BCUT2D eigenvalue weighted by atomic mass is 9.67. The van der Waals surface area contributed by atoms with E-state index in [2.05, 4.69) is 19.2 Å². The summed E-state index contributed by atoms with van der Waals surface area (Å²) in [6.45, 7) is 6.59. The van der Waals surface area contributed by atoms with Crippen LogP contribution in [0.2, 0.25) is 0 Å². The molecule has 1 aliphatic rings. The average molecular weight is 186 g/mol. The molecular weight excluding hydrogens is 164 g/mol. The molecule has 0 aliphatic carbocycles. The monoisotopic (exact) mass is 186 g/mol. The second-order valence-electron chi connectivity index (χ2n) is 4.40. The lowest BCUT2D eigenvalue weighted by Crippen LogP contribution is -2.55. The molecule has 1 unspecified atom stereocenters. The Morgan fingerprint density at radius 3 is 2.38 bits per heavy atom. The number of aliphatic hydroxyl groups is 1. The van der Waals surface area contributed by atoms with Crippen molar-refractivity contribution in [2.45, 2.75) is 38.7 Å². The van der Waals surface area contributed by atoms with E-state index in [1.165, 1.54) is 0 Å². The van der Waals surface area contributed by atoms with Gasteiger partial charge in [-0.05, 0) is 32.4 Å². The van der Waals surface area contributed by atoms with Gasteiger partial charge in [0.25, 0.3) is 0 Å². The molecule has 78 valence electrons. The van der Waals surface area contributed by atoms with Crippen LogP contribution < -0.4 is 11.1 Å². The molecule has 1 fully saturated rings. The molecule has 1 heterocycles. The molecule has 3 nitrogen and oxygen atoms in total. The van der Waals surface area contributed by atoms with Crippen molar-refractivity contribution in [3.05, 3.63) is 0 Å². The molecule has 1 rings (SSSR count). The van der Waals surface area contributed by atoms with E-state index in [4.69, 9.17) is 5.73 Å². The highest BCUT2D eigenvalue weighted by Gasteiger charge is 2.44. The van der Waals surface area contributed by atoms with E-state index in [9.17, 15) is 5.11 Å². The van der Waals surface area contributed by atoms with Crippen LogP contribution in [0.4, 0.5) is 0 Å². The number of nitrogens with one attached hydrogen (secondary N) is 1. The Morgan fingerprint density at radius 2 is 2.00 bits per heavy atom. The summed E-state index contributed by atoms with van der Waals surface area (Å²) in [5, 5.41) is 13.7. The zero-order valence-electron chi connectivity index (χ0n) is 8.77. The normalized spacial score (nSPS) is 26.8. The molecule has 0 bridgehead atoms. The summed E-state index contributed by atoms with van der Waals surface area (Å²) in [6, 6.07) is 0. The molecule has 13 heavy (non-hydrogen) atoms. The van der Waals surface area contributed by atoms with Gasteiger partial charge in [0.15, 0.2) is 0 Å². The molecule has 4 N–H and O–H groups in total.